The third-order valence-electron chi connectivity index (χ3n) is 4.07. The maximum Gasteiger partial charge on any atom is 0.227 e. The first-order chi connectivity index (χ1) is 12.1. The quantitative estimate of drug-likeness (QED) is 0.753. The first kappa shape index (κ1) is 16.8. The second-order valence-electron chi connectivity index (χ2n) is 6.05. The predicted octanol–water partition coefficient (Wildman–Crippen LogP) is 2.84. The molecule has 0 aliphatic carbocycles. The van der Waals surface area contributed by atoms with Gasteiger partial charge in [-0.1, -0.05) is 42.5 Å². The molecule has 0 aliphatic heterocycles. The summed E-state index contributed by atoms with van der Waals surface area (Å²) >= 11 is 0. The smallest absolute Gasteiger partial charge is 0.227 e. The molecule has 0 unspecified atom stereocenters. The molecule has 1 heterocycles. The summed E-state index contributed by atoms with van der Waals surface area (Å²) in [7, 11) is 1.77. The lowest BCUT2D eigenvalue weighted by atomic mass is 10.1. The molecule has 0 spiro atoms. The number of nitrogens with zero attached hydrogens (tertiary/aromatic N) is 3. The van der Waals surface area contributed by atoms with Gasteiger partial charge in [-0.25, -0.2) is 4.98 Å². The van der Waals surface area contributed by atoms with Crippen LogP contribution in [0.25, 0.3) is 0 Å². The van der Waals surface area contributed by atoms with Gasteiger partial charge in [0.1, 0.15) is 11.6 Å². The molecule has 1 aromatic heterocycles. The van der Waals surface area contributed by atoms with Gasteiger partial charge in [-0.3, -0.25) is 4.79 Å². The van der Waals surface area contributed by atoms with Crippen molar-refractivity contribution in [3.63, 3.8) is 0 Å². The molecule has 0 fully saturated rings. The zero-order chi connectivity index (χ0) is 17.6. The molecule has 3 aromatic rings. The summed E-state index contributed by atoms with van der Waals surface area (Å²) in [6.07, 6.45) is 3.94. The highest BCUT2D eigenvalue weighted by Gasteiger charge is 2.13. The fourth-order valence-electron chi connectivity index (χ4n) is 2.69. The van der Waals surface area contributed by atoms with Crippen LogP contribution in [-0.2, 0) is 24.3 Å². The van der Waals surface area contributed by atoms with E-state index >= 15 is 0 Å². The van der Waals surface area contributed by atoms with Crippen LogP contribution in [0.4, 0.5) is 0 Å². The largest absolute Gasteiger partial charge is 0.508 e. The minimum absolute atomic E-state index is 0.0140. The molecule has 0 saturated carbocycles. The maximum atomic E-state index is 12.4. The SMILES string of the molecule is CN(Cc1nccn1Cc1ccccc1)C(=O)Cc1cccc(O)c1. The average molecular weight is 335 g/mol. The lowest BCUT2D eigenvalue weighted by Crippen LogP contribution is -2.29. The number of hydrogen-bond donors (Lipinski definition) is 1. The number of phenols is 1. The molecule has 2 aromatic carbocycles. The zero-order valence-corrected chi connectivity index (χ0v) is 14.2. The van der Waals surface area contributed by atoms with E-state index in [4.69, 9.17) is 0 Å². The summed E-state index contributed by atoms with van der Waals surface area (Å²) in [6, 6.07) is 16.9. The summed E-state index contributed by atoms with van der Waals surface area (Å²) in [4.78, 5) is 18.5. The number of hydrogen-bond acceptors (Lipinski definition) is 3. The van der Waals surface area contributed by atoms with Gasteiger partial charge in [0.15, 0.2) is 0 Å². The van der Waals surface area contributed by atoms with E-state index in [1.165, 1.54) is 5.56 Å². The first-order valence-electron chi connectivity index (χ1n) is 8.17. The van der Waals surface area contributed by atoms with Gasteiger partial charge in [0.2, 0.25) is 5.91 Å². The molecule has 3 rings (SSSR count). The van der Waals surface area contributed by atoms with Crippen molar-refractivity contribution in [2.24, 2.45) is 0 Å². The van der Waals surface area contributed by atoms with Crippen molar-refractivity contribution in [2.45, 2.75) is 19.5 Å². The number of imidazole rings is 1. The number of aromatic hydroxyl groups is 1. The number of amides is 1. The first-order valence-corrected chi connectivity index (χ1v) is 8.17. The van der Waals surface area contributed by atoms with Gasteiger partial charge in [-0.05, 0) is 23.3 Å². The Balaban J connectivity index is 1.64. The van der Waals surface area contributed by atoms with Gasteiger partial charge in [0.25, 0.3) is 0 Å². The molecule has 0 bridgehead atoms. The number of rotatable bonds is 6. The lowest BCUT2D eigenvalue weighted by Gasteiger charge is -2.18. The Bertz CT molecular complexity index is 843. The molecule has 0 radical (unpaired) electrons. The Hall–Kier alpha value is -3.08. The van der Waals surface area contributed by atoms with E-state index in [-0.39, 0.29) is 18.1 Å². The van der Waals surface area contributed by atoms with Crippen molar-refractivity contribution in [3.8, 4) is 5.75 Å². The van der Waals surface area contributed by atoms with Crippen LogP contribution in [0.3, 0.4) is 0 Å². The highest BCUT2D eigenvalue weighted by molar-refractivity contribution is 5.78. The number of phenolic OH excluding ortho intramolecular Hbond substituents is 1. The normalized spacial score (nSPS) is 10.6. The Labute approximate surface area is 147 Å². The van der Waals surface area contributed by atoms with Crippen molar-refractivity contribution >= 4 is 5.91 Å². The van der Waals surface area contributed by atoms with Crippen LogP contribution in [0.1, 0.15) is 17.0 Å². The van der Waals surface area contributed by atoms with Gasteiger partial charge >= 0.3 is 0 Å². The monoisotopic (exact) mass is 335 g/mol. The van der Waals surface area contributed by atoms with Crippen LogP contribution in [0.2, 0.25) is 0 Å². The molecule has 5 heteroatoms. The zero-order valence-electron chi connectivity index (χ0n) is 14.2. The Morgan fingerprint density at radius 2 is 1.88 bits per heavy atom. The molecule has 0 atom stereocenters. The van der Waals surface area contributed by atoms with E-state index in [1.54, 1.807) is 36.3 Å². The Kier molecular flexibility index (Phi) is 5.14. The molecular formula is C20H21N3O2. The number of carbonyl (C=O) groups is 1. The van der Waals surface area contributed by atoms with Gasteiger partial charge < -0.3 is 14.6 Å². The standard InChI is InChI=1S/C20H21N3O2/c1-22(20(25)13-17-8-5-9-18(24)12-17)15-19-21-10-11-23(19)14-16-6-3-2-4-7-16/h2-12,24H,13-15H2,1H3. The summed E-state index contributed by atoms with van der Waals surface area (Å²) in [5.74, 6) is 1.00. The third-order valence-corrected chi connectivity index (χ3v) is 4.07. The maximum absolute atomic E-state index is 12.4. The summed E-state index contributed by atoms with van der Waals surface area (Å²) in [6.45, 7) is 1.17. The third kappa shape index (κ3) is 4.47. The van der Waals surface area contributed by atoms with E-state index in [9.17, 15) is 9.90 Å². The van der Waals surface area contributed by atoms with Crippen molar-refractivity contribution in [2.75, 3.05) is 7.05 Å². The highest BCUT2D eigenvalue weighted by atomic mass is 16.3. The van der Waals surface area contributed by atoms with E-state index in [0.29, 0.717) is 6.54 Å². The van der Waals surface area contributed by atoms with E-state index < -0.39 is 0 Å². The van der Waals surface area contributed by atoms with Crippen molar-refractivity contribution in [1.29, 1.82) is 0 Å². The van der Waals surface area contributed by atoms with Gasteiger partial charge in [0, 0.05) is 26.0 Å². The summed E-state index contributed by atoms with van der Waals surface area (Å²) in [5.41, 5.74) is 1.99. The van der Waals surface area contributed by atoms with Gasteiger partial charge in [-0.2, -0.15) is 0 Å². The van der Waals surface area contributed by atoms with Gasteiger partial charge in [0.05, 0.1) is 13.0 Å². The number of benzene rings is 2. The molecule has 0 aliphatic rings. The average Bonchev–Trinajstić information content (AvgIpc) is 3.02. The topological polar surface area (TPSA) is 58.4 Å². The Morgan fingerprint density at radius 3 is 2.64 bits per heavy atom. The molecule has 1 N–H and O–H groups in total. The van der Waals surface area contributed by atoms with Gasteiger partial charge in [-0.15, -0.1) is 0 Å². The van der Waals surface area contributed by atoms with E-state index in [2.05, 4.69) is 17.1 Å². The lowest BCUT2D eigenvalue weighted by molar-refractivity contribution is -0.129. The molecule has 5 nitrogen and oxygen atoms in total. The van der Waals surface area contributed by atoms with Crippen LogP contribution < -0.4 is 0 Å². The van der Waals surface area contributed by atoms with Crippen LogP contribution in [0.5, 0.6) is 5.75 Å². The molecule has 128 valence electrons. The van der Waals surface area contributed by atoms with E-state index in [1.807, 2.05) is 35.0 Å². The second-order valence-corrected chi connectivity index (χ2v) is 6.05. The molecular weight excluding hydrogens is 314 g/mol. The van der Waals surface area contributed by atoms with Crippen LogP contribution in [0, 0.1) is 0 Å². The number of carbonyl (C=O) groups excluding carboxylic acids is 1. The fourth-order valence-corrected chi connectivity index (χ4v) is 2.69. The summed E-state index contributed by atoms with van der Waals surface area (Å²) < 4.78 is 2.05. The molecule has 25 heavy (non-hydrogen) atoms. The predicted molar refractivity (Wildman–Crippen MR) is 96.1 cm³/mol. The molecule has 0 saturated heterocycles. The van der Waals surface area contributed by atoms with Crippen LogP contribution in [-0.4, -0.2) is 32.5 Å². The molecule has 1 amide bonds. The highest BCUT2D eigenvalue weighted by Crippen LogP contribution is 2.13. The Morgan fingerprint density at radius 1 is 1.12 bits per heavy atom. The number of aromatic nitrogens is 2. The van der Waals surface area contributed by atoms with Crippen LogP contribution >= 0.6 is 0 Å². The number of likely N-dealkylation sites (N-methyl/N-ethyl adjacent to an activating group) is 1. The van der Waals surface area contributed by atoms with Crippen molar-refractivity contribution < 1.29 is 9.90 Å². The van der Waals surface area contributed by atoms with Crippen molar-refractivity contribution in [1.82, 2.24) is 14.5 Å². The van der Waals surface area contributed by atoms with E-state index in [0.717, 1.165) is 17.9 Å². The minimum atomic E-state index is -0.0140. The van der Waals surface area contributed by atoms with Crippen LogP contribution in [0.15, 0.2) is 67.0 Å². The second kappa shape index (κ2) is 7.66. The minimum Gasteiger partial charge on any atom is -0.508 e. The fraction of sp³-hybridized carbons (Fsp3) is 0.200. The van der Waals surface area contributed by atoms with Crippen molar-refractivity contribution in [3.05, 3.63) is 83.9 Å². The summed E-state index contributed by atoms with van der Waals surface area (Å²) in [5, 5.41) is 9.51.